The number of halogens is 2. The van der Waals surface area contributed by atoms with Crippen molar-refractivity contribution in [1.29, 1.82) is 0 Å². The van der Waals surface area contributed by atoms with Crippen molar-refractivity contribution in [3.8, 4) is 5.88 Å². The first kappa shape index (κ1) is 15.6. The van der Waals surface area contributed by atoms with Gasteiger partial charge >= 0.3 is 5.97 Å². The Kier molecular flexibility index (Phi) is 5.03. The third-order valence-electron chi connectivity index (χ3n) is 2.78. The van der Waals surface area contributed by atoms with Crippen molar-refractivity contribution in [2.24, 2.45) is 0 Å². The molecule has 1 heterocycles. The van der Waals surface area contributed by atoms with Crippen LogP contribution in [-0.4, -0.2) is 23.2 Å². The fraction of sp³-hybridized carbons (Fsp3) is 0.143. The summed E-state index contributed by atoms with van der Waals surface area (Å²) in [6, 6.07) is 7.46. The molecule has 2 aromatic rings. The van der Waals surface area contributed by atoms with Crippen LogP contribution in [0.3, 0.4) is 0 Å². The Morgan fingerprint density at radius 3 is 2.71 bits per heavy atom. The number of hydrogen-bond acceptors (Lipinski definition) is 4. The summed E-state index contributed by atoms with van der Waals surface area (Å²) < 4.78 is 5.64. The zero-order valence-electron chi connectivity index (χ0n) is 11.0. The second-order valence-corrected chi connectivity index (χ2v) is 5.44. The lowest BCUT2D eigenvalue weighted by atomic mass is 10.1. The lowest BCUT2D eigenvalue weighted by molar-refractivity contribution is -0.138. The van der Waals surface area contributed by atoms with Crippen LogP contribution in [0, 0.1) is 0 Å². The fourth-order valence-corrected chi connectivity index (χ4v) is 2.22. The minimum absolute atomic E-state index is 0.428. The number of nitrogens with one attached hydrogen (secondary N) is 1. The number of ether oxygens (including phenoxy) is 1. The third-order valence-corrected chi connectivity index (χ3v) is 3.99. The standard InChI is InChI=1S/C14H12BrClN2O3/c1-21-12-5-2-8(7-17-12)13(14(19)20)18-9-3-4-11(16)10(15)6-9/h2-7,13,18H,1H3,(H,19,20). The van der Waals surface area contributed by atoms with Gasteiger partial charge in [-0.15, -0.1) is 0 Å². The molecule has 7 heteroatoms. The minimum atomic E-state index is -1.01. The number of carboxylic acids is 1. The van der Waals surface area contributed by atoms with Crippen LogP contribution in [0.5, 0.6) is 5.88 Å². The Bertz CT molecular complexity index is 649. The smallest absolute Gasteiger partial charge is 0.330 e. The minimum Gasteiger partial charge on any atom is -0.481 e. The first-order chi connectivity index (χ1) is 10.0. The molecule has 5 nitrogen and oxygen atoms in total. The molecule has 21 heavy (non-hydrogen) atoms. The number of hydrogen-bond donors (Lipinski definition) is 2. The predicted molar refractivity (Wildman–Crippen MR) is 83.9 cm³/mol. The number of nitrogens with zero attached hydrogens (tertiary/aromatic N) is 1. The molecule has 2 rings (SSSR count). The van der Waals surface area contributed by atoms with Gasteiger partial charge in [-0.2, -0.15) is 0 Å². The van der Waals surface area contributed by atoms with E-state index in [0.29, 0.717) is 26.6 Å². The summed E-state index contributed by atoms with van der Waals surface area (Å²) in [6.45, 7) is 0. The molecule has 0 bridgehead atoms. The fourth-order valence-electron chi connectivity index (χ4n) is 1.72. The highest BCUT2D eigenvalue weighted by Gasteiger charge is 2.20. The van der Waals surface area contributed by atoms with E-state index in [0.717, 1.165) is 0 Å². The van der Waals surface area contributed by atoms with E-state index in [1.165, 1.54) is 13.3 Å². The number of pyridine rings is 1. The molecule has 0 spiro atoms. The van der Waals surface area contributed by atoms with Gasteiger partial charge in [0.05, 0.1) is 12.1 Å². The van der Waals surface area contributed by atoms with E-state index in [4.69, 9.17) is 16.3 Å². The molecule has 1 atom stereocenters. The van der Waals surface area contributed by atoms with Gasteiger partial charge < -0.3 is 15.2 Å². The quantitative estimate of drug-likeness (QED) is 0.837. The molecule has 0 saturated heterocycles. The van der Waals surface area contributed by atoms with Gasteiger partial charge in [-0.1, -0.05) is 11.6 Å². The molecule has 0 radical (unpaired) electrons. The van der Waals surface area contributed by atoms with Crippen LogP contribution in [0.15, 0.2) is 41.0 Å². The van der Waals surface area contributed by atoms with Crippen LogP contribution in [0.2, 0.25) is 5.02 Å². The van der Waals surface area contributed by atoms with E-state index < -0.39 is 12.0 Å². The molecule has 0 saturated carbocycles. The second kappa shape index (κ2) is 6.78. The molecule has 0 aliphatic rings. The van der Waals surface area contributed by atoms with E-state index in [-0.39, 0.29) is 0 Å². The van der Waals surface area contributed by atoms with Crippen molar-refractivity contribution < 1.29 is 14.6 Å². The van der Waals surface area contributed by atoms with E-state index in [1.807, 2.05) is 0 Å². The number of anilines is 1. The number of aromatic nitrogens is 1. The van der Waals surface area contributed by atoms with Gasteiger partial charge in [0.2, 0.25) is 5.88 Å². The number of rotatable bonds is 5. The molecule has 1 aromatic carbocycles. The Labute approximate surface area is 135 Å². The number of carbonyl (C=O) groups is 1. The zero-order chi connectivity index (χ0) is 15.4. The summed E-state index contributed by atoms with van der Waals surface area (Å²) >= 11 is 9.22. The van der Waals surface area contributed by atoms with Gasteiger partial charge in [0.25, 0.3) is 0 Å². The zero-order valence-corrected chi connectivity index (χ0v) is 13.4. The number of methoxy groups -OCH3 is 1. The third kappa shape index (κ3) is 3.86. The van der Waals surface area contributed by atoms with Gasteiger partial charge in [-0.3, -0.25) is 0 Å². The van der Waals surface area contributed by atoms with Crippen molar-refractivity contribution in [2.75, 3.05) is 12.4 Å². The maximum absolute atomic E-state index is 11.5. The summed E-state index contributed by atoms with van der Waals surface area (Å²) in [5, 5.41) is 12.9. The Hall–Kier alpha value is -1.79. The molecular formula is C14H12BrClN2O3. The molecule has 0 fully saturated rings. The first-order valence-corrected chi connectivity index (χ1v) is 7.12. The van der Waals surface area contributed by atoms with E-state index >= 15 is 0 Å². The van der Waals surface area contributed by atoms with E-state index in [9.17, 15) is 9.90 Å². The number of aliphatic carboxylic acids is 1. The topological polar surface area (TPSA) is 71.5 Å². The van der Waals surface area contributed by atoms with Crippen LogP contribution in [-0.2, 0) is 4.79 Å². The molecule has 0 amide bonds. The van der Waals surface area contributed by atoms with Gasteiger partial charge in [-0.05, 0) is 40.2 Å². The highest BCUT2D eigenvalue weighted by atomic mass is 79.9. The van der Waals surface area contributed by atoms with Crippen LogP contribution < -0.4 is 10.1 Å². The van der Waals surface area contributed by atoms with Crippen LogP contribution >= 0.6 is 27.5 Å². The monoisotopic (exact) mass is 370 g/mol. The first-order valence-electron chi connectivity index (χ1n) is 5.95. The maximum Gasteiger partial charge on any atom is 0.330 e. The van der Waals surface area contributed by atoms with Gasteiger partial charge in [0.15, 0.2) is 6.04 Å². The van der Waals surface area contributed by atoms with Crippen molar-refractivity contribution in [1.82, 2.24) is 4.98 Å². The molecule has 110 valence electrons. The second-order valence-electron chi connectivity index (χ2n) is 4.18. The average Bonchev–Trinajstić information content (AvgIpc) is 2.48. The summed E-state index contributed by atoms with van der Waals surface area (Å²) in [4.78, 5) is 15.5. The van der Waals surface area contributed by atoms with Crippen molar-refractivity contribution in [3.63, 3.8) is 0 Å². The average molecular weight is 372 g/mol. The lowest BCUT2D eigenvalue weighted by Crippen LogP contribution is -2.20. The Morgan fingerprint density at radius 2 is 2.19 bits per heavy atom. The molecule has 1 aromatic heterocycles. The van der Waals surface area contributed by atoms with Gasteiger partial charge in [0, 0.05) is 28.0 Å². The van der Waals surface area contributed by atoms with Crippen molar-refractivity contribution >= 4 is 39.2 Å². The molecule has 2 N–H and O–H groups in total. The van der Waals surface area contributed by atoms with Crippen molar-refractivity contribution in [3.05, 3.63) is 51.6 Å². The molecule has 0 aliphatic heterocycles. The SMILES string of the molecule is COc1ccc(C(Nc2ccc(Cl)c(Br)c2)C(=O)O)cn1. The summed E-state index contributed by atoms with van der Waals surface area (Å²) in [5.41, 5.74) is 1.16. The predicted octanol–water partition coefficient (Wildman–Crippen LogP) is 3.74. The highest BCUT2D eigenvalue weighted by Crippen LogP contribution is 2.28. The van der Waals surface area contributed by atoms with Crippen LogP contribution in [0.25, 0.3) is 0 Å². The lowest BCUT2D eigenvalue weighted by Gasteiger charge is -2.16. The molecular weight excluding hydrogens is 360 g/mol. The van der Waals surface area contributed by atoms with Crippen LogP contribution in [0.1, 0.15) is 11.6 Å². The Morgan fingerprint density at radius 1 is 1.43 bits per heavy atom. The summed E-state index contributed by atoms with van der Waals surface area (Å²) in [6.07, 6.45) is 1.47. The highest BCUT2D eigenvalue weighted by molar-refractivity contribution is 9.10. The number of benzene rings is 1. The van der Waals surface area contributed by atoms with E-state index in [1.54, 1.807) is 30.3 Å². The van der Waals surface area contributed by atoms with Crippen LogP contribution in [0.4, 0.5) is 5.69 Å². The maximum atomic E-state index is 11.5. The Balaban J connectivity index is 2.26. The van der Waals surface area contributed by atoms with Gasteiger partial charge in [-0.25, -0.2) is 9.78 Å². The van der Waals surface area contributed by atoms with E-state index in [2.05, 4.69) is 26.2 Å². The van der Waals surface area contributed by atoms with Crippen molar-refractivity contribution in [2.45, 2.75) is 6.04 Å². The summed E-state index contributed by atoms with van der Waals surface area (Å²) in [5.74, 6) is -0.579. The largest absolute Gasteiger partial charge is 0.481 e. The summed E-state index contributed by atoms with van der Waals surface area (Å²) in [7, 11) is 1.50. The molecule has 1 unspecified atom stereocenters. The molecule has 0 aliphatic carbocycles. The normalized spacial score (nSPS) is 11.8. The van der Waals surface area contributed by atoms with Gasteiger partial charge in [0.1, 0.15) is 0 Å². The number of carboxylic acid groups (broad SMARTS) is 1.